The molecule has 148 valence electrons. The minimum absolute atomic E-state index is 0.00219. The van der Waals surface area contributed by atoms with Gasteiger partial charge in [-0.05, 0) is 49.9 Å². The Labute approximate surface area is 160 Å². The van der Waals surface area contributed by atoms with Crippen molar-refractivity contribution in [2.24, 2.45) is 0 Å². The number of hydrogen-bond acceptors (Lipinski definition) is 5. The van der Waals surface area contributed by atoms with E-state index >= 15 is 0 Å². The van der Waals surface area contributed by atoms with Crippen LogP contribution in [-0.4, -0.2) is 43.1 Å². The highest BCUT2D eigenvalue weighted by Crippen LogP contribution is 2.35. The van der Waals surface area contributed by atoms with Gasteiger partial charge in [-0.1, -0.05) is 0 Å². The third-order valence-electron chi connectivity index (χ3n) is 4.85. The fraction of sp³-hybridized carbons (Fsp3) is 0.421. The van der Waals surface area contributed by atoms with E-state index in [1.165, 1.54) is 12.1 Å². The van der Waals surface area contributed by atoms with Crippen LogP contribution in [0.4, 0.5) is 8.78 Å². The van der Waals surface area contributed by atoms with Gasteiger partial charge in [0, 0.05) is 18.7 Å². The smallest absolute Gasteiger partial charge is 0.387 e. The Bertz CT molecular complexity index is 923. The molecule has 2 heterocycles. The van der Waals surface area contributed by atoms with Crippen molar-refractivity contribution in [3.63, 3.8) is 0 Å². The van der Waals surface area contributed by atoms with Crippen molar-refractivity contribution in [1.82, 2.24) is 24.7 Å². The van der Waals surface area contributed by atoms with Gasteiger partial charge in [0.15, 0.2) is 5.82 Å². The van der Waals surface area contributed by atoms with Crippen LogP contribution in [0.5, 0.6) is 5.75 Å². The van der Waals surface area contributed by atoms with Crippen LogP contribution in [0, 0.1) is 0 Å². The number of aryl methyl sites for hydroxylation is 2. The van der Waals surface area contributed by atoms with Crippen LogP contribution in [0.3, 0.4) is 0 Å². The predicted molar refractivity (Wildman–Crippen MR) is 96.8 cm³/mol. The Balaban J connectivity index is 1.71. The molecule has 0 spiro atoms. The first-order valence-corrected chi connectivity index (χ1v) is 9.30. The lowest BCUT2D eigenvalue weighted by atomic mass is 9.89. The number of nitrogens with zero attached hydrogens (tertiary/aromatic N) is 4. The van der Waals surface area contributed by atoms with Crippen molar-refractivity contribution in [2.75, 3.05) is 6.61 Å². The molecule has 0 saturated heterocycles. The summed E-state index contributed by atoms with van der Waals surface area (Å²) in [5.74, 6) is 1.50. The predicted octanol–water partition coefficient (Wildman–Crippen LogP) is 2.98. The number of ether oxygens (including phenoxy) is 1. The Morgan fingerprint density at radius 1 is 1.29 bits per heavy atom. The lowest BCUT2D eigenvalue weighted by molar-refractivity contribution is -0.0498. The first-order valence-electron chi connectivity index (χ1n) is 9.30. The number of aliphatic hydroxyl groups is 1. The molecule has 0 bridgehead atoms. The van der Waals surface area contributed by atoms with Gasteiger partial charge < -0.3 is 14.8 Å². The molecule has 0 fully saturated rings. The highest BCUT2D eigenvalue weighted by Gasteiger charge is 2.29. The molecule has 0 aliphatic heterocycles. The number of aliphatic hydroxyl groups excluding tert-OH is 1. The number of rotatable bonds is 7. The maximum atomic E-state index is 12.4. The Morgan fingerprint density at radius 2 is 2.11 bits per heavy atom. The zero-order chi connectivity index (χ0) is 19.5. The highest BCUT2D eigenvalue weighted by atomic mass is 19.3. The summed E-state index contributed by atoms with van der Waals surface area (Å²) < 4.78 is 31.0. The quantitative estimate of drug-likeness (QED) is 0.649. The number of hydrogen-bond donors (Lipinski definition) is 2. The van der Waals surface area contributed by atoms with Gasteiger partial charge >= 0.3 is 6.61 Å². The van der Waals surface area contributed by atoms with Gasteiger partial charge in [0.25, 0.3) is 0 Å². The van der Waals surface area contributed by atoms with Crippen LogP contribution in [0.15, 0.2) is 30.6 Å². The molecule has 0 saturated carbocycles. The van der Waals surface area contributed by atoms with E-state index in [0.717, 1.165) is 36.5 Å². The van der Waals surface area contributed by atoms with Crippen molar-refractivity contribution in [3.05, 3.63) is 53.6 Å². The Kier molecular flexibility index (Phi) is 5.34. The maximum absolute atomic E-state index is 12.4. The molecule has 1 atom stereocenters. The number of halogens is 2. The lowest BCUT2D eigenvalue weighted by Crippen LogP contribution is -2.16. The first-order chi connectivity index (χ1) is 13.7. The Hall–Kier alpha value is -2.81. The second kappa shape index (κ2) is 8.05. The standard InChI is InChI=1S/C19H21F2N5O2/c20-19(21)28-13-8-6-12(7-9-13)26-18(24-16(25-26)5-2-10-27)14-3-1-4-15-17(14)23-11-22-15/h6-9,11,14,19,27H,1-5,10H2,(H,22,23). The fourth-order valence-corrected chi connectivity index (χ4v) is 3.60. The molecule has 4 rings (SSSR count). The summed E-state index contributed by atoms with van der Waals surface area (Å²) in [5, 5.41) is 13.7. The molecule has 1 aliphatic carbocycles. The molecular formula is C19H21F2N5O2. The van der Waals surface area contributed by atoms with Gasteiger partial charge in [0.1, 0.15) is 11.6 Å². The second-order valence-corrected chi connectivity index (χ2v) is 6.71. The maximum Gasteiger partial charge on any atom is 0.387 e. The molecule has 0 radical (unpaired) electrons. The van der Waals surface area contributed by atoms with Crippen LogP contribution < -0.4 is 4.74 Å². The molecule has 9 heteroatoms. The van der Waals surface area contributed by atoms with Gasteiger partial charge in [0.2, 0.25) is 0 Å². The number of aromatic nitrogens is 5. The average Bonchev–Trinajstić information content (AvgIpc) is 3.33. The third kappa shape index (κ3) is 3.75. The number of benzene rings is 1. The summed E-state index contributed by atoms with van der Waals surface area (Å²) in [5.41, 5.74) is 2.80. The third-order valence-corrected chi connectivity index (χ3v) is 4.85. The normalized spacial score (nSPS) is 16.4. The van der Waals surface area contributed by atoms with Gasteiger partial charge in [0.05, 0.1) is 23.6 Å². The van der Waals surface area contributed by atoms with Gasteiger partial charge in [-0.15, -0.1) is 0 Å². The summed E-state index contributed by atoms with van der Waals surface area (Å²) in [6, 6.07) is 6.34. The molecule has 0 amide bonds. The van der Waals surface area contributed by atoms with E-state index in [2.05, 4.69) is 19.8 Å². The van der Waals surface area contributed by atoms with E-state index in [1.54, 1.807) is 23.1 Å². The minimum atomic E-state index is -2.86. The average molecular weight is 389 g/mol. The number of nitrogens with one attached hydrogen (secondary N) is 1. The fourth-order valence-electron chi connectivity index (χ4n) is 3.60. The van der Waals surface area contributed by atoms with Crippen molar-refractivity contribution < 1.29 is 18.6 Å². The van der Waals surface area contributed by atoms with E-state index in [0.29, 0.717) is 24.4 Å². The number of H-pyrrole nitrogens is 1. The van der Waals surface area contributed by atoms with E-state index in [9.17, 15) is 8.78 Å². The molecular weight excluding hydrogens is 368 g/mol. The van der Waals surface area contributed by atoms with Crippen molar-refractivity contribution in [3.8, 4) is 11.4 Å². The largest absolute Gasteiger partial charge is 0.435 e. The monoisotopic (exact) mass is 389 g/mol. The summed E-state index contributed by atoms with van der Waals surface area (Å²) in [6.07, 6.45) is 5.71. The van der Waals surface area contributed by atoms with Crippen molar-refractivity contribution in [2.45, 2.75) is 44.6 Å². The van der Waals surface area contributed by atoms with Crippen LogP contribution >= 0.6 is 0 Å². The molecule has 1 unspecified atom stereocenters. The van der Waals surface area contributed by atoms with E-state index in [-0.39, 0.29) is 18.3 Å². The van der Waals surface area contributed by atoms with Crippen LogP contribution in [0.1, 0.15) is 48.2 Å². The lowest BCUT2D eigenvalue weighted by Gasteiger charge is -2.21. The van der Waals surface area contributed by atoms with Gasteiger partial charge in [-0.2, -0.15) is 13.9 Å². The topological polar surface area (TPSA) is 88.9 Å². The number of aromatic amines is 1. The van der Waals surface area contributed by atoms with Crippen molar-refractivity contribution >= 4 is 0 Å². The molecule has 2 aromatic heterocycles. The molecule has 7 nitrogen and oxygen atoms in total. The van der Waals surface area contributed by atoms with Gasteiger partial charge in [-0.3, -0.25) is 0 Å². The first kappa shape index (κ1) is 18.5. The number of imidazole rings is 1. The molecule has 1 aromatic carbocycles. The highest BCUT2D eigenvalue weighted by molar-refractivity contribution is 5.39. The number of fused-ring (bicyclic) bond motifs is 1. The molecule has 1 aliphatic rings. The van der Waals surface area contributed by atoms with E-state index in [4.69, 9.17) is 10.1 Å². The van der Waals surface area contributed by atoms with E-state index in [1.807, 2.05) is 0 Å². The summed E-state index contributed by atoms with van der Waals surface area (Å²) in [4.78, 5) is 12.4. The second-order valence-electron chi connectivity index (χ2n) is 6.71. The van der Waals surface area contributed by atoms with Crippen LogP contribution in [-0.2, 0) is 12.8 Å². The molecule has 3 aromatic rings. The molecule has 2 N–H and O–H groups in total. The van der Waals surface area contributed by atoms with Crippen LogP contribution in [0.25, 0.3) is 5.69 Å². The summed E-state index contributed by atoms with van der Waals surface area (Å²) in [6.45, 7) is -2.80. The SMILES string of the molecule is OCCCc1nc(C2CCCc3[nH]cnc32)n(-c2ccc(OC(F)F)cc2)n1. The van der Waals surface area contributed by atoms with Crippen molar-refractivity contribution in [1.29, 1.82) is 0 Å². The van der Waals surface area contributed by atoms with E-state index < -0.39 is 6.61 Å². The zero-order valence-electron chi connectivity index (χ0n) is 15.2. The summed E-state index contributed by atoms with van der Waals surface area (Å²) >= 11 is 0. The number of alkyl halides is 2. The minimum Gasteiger partial charge on any atom is -0.435 e. The van der Waals surface area contributed by atoms with Gasteiger partial charge in [-0.25, -0.2) is 14.6 Å². The molecule has 28 heavy (non-hydrogen) atoms. The van der Waals surface area contributed by atoms with Crippen LogP contribution in [0.2, 0.25) is 0 Å². The Morgan fingerprint density at radius 3 is 2.86 bits per heavy atom. The summed E-state index contributed by atoms with van der Waals surface area (Å²) in [7, 11) is 0. The zero-order valence-corrected chi connectivity index (χ0v) is 15.2.